The molecule has 108 valence electrons. The fourth-order valence-corrected chi connectivity index (χ4v) is 4.38. The summed E-state index contributed by atoms with van der Waals surface area (Å²) in [5, 5.41) is 1.19. The van der Waals surface area contributed by atoms with Crippen molar-refractivity contribution >= 4 is 44.5 Å². The lowest BCUT2D eigenvalue weighted by Crippen LogP contribution is -1.97. The largest absolute Gasteiger partial charge is 0.252 e. The molecule has 0 radical (unpaired) electrons. The van der Waals surface area contributed by atoms with Gasteiger partial charge in [-0.3, -0.25) is 4.98 Å². The van der Waals surface area contributed by atoms with E-state index in [0.717, 1.165) is 32.8 Å². The third-order valence-electron chi connectivity index (χ3n) is 3.55. The van der Waals surface area contributed by atoms with Gasteiger partial charge in [-0.2, -0.15) is 0 Å². The molecule has 0 N–H and O–H groups in total. The second-order valence-corrected chi connectivity index (χ2v) is 7.27. The third kappa shape index (κ3) is 2.89. The summed E-state index contributed by atoms with van der Waals surface area (Å²) in [5.74, 6) is 1.87. The second kappa shape index (κ2) is 6.15. The van der Waals surface area contributed by atoms with Gasteiger partial charge >= 0.3 is 0 Å². The number of para-hydroxylation sites is 2. The van der Waals surface area contributed by atoms with Crippen LogP contribution in [0.25, 0.3) is 10.9 Å². The van der Waals surface area contributed by atoms with Crippen LogP contribution in [0.3, 0.4) is 0 Å². The number of rotatable bonds is 2. The van der Waals surface area contributed by atoms with Gasteiger partial charge in [-0.1, -0.05) is 66.0 Å². The summed E-state index contributed by atoms with van der Waals surface area (Å²) in [6.45, 7) is 0. The molecular weight excluding hydrogens is 308 g/mol. The van der Waals surface area contributed by atoms with Gasteiger partial charge in [0.2, 0.25) is 0 Å². The number of aromatic nitrogens is 1. The Hall–Kier alpha value is -1.78. The highest BCUT2D eigenvalue weighted by Crippen LogP contribution is 2.35. The zero-order chi connectivity index (χ0) is 14.8. The average Bonchev–Trinajstić information content (AvgIpc) is 2.59. The Morgan fingerprint density at radius 3 is 2.82 bits per heavy atom. The first-order chi connectivity index (χ1) is 10.9. The molecule has 0 saturated heterocycles. The van der Waals surface area contributed by atoms with Crippen molar-refractivity contribution in [2.24, 2.45) is 4.99 Å². The number of aliphatic imine (C=N–C) groups is 1. The predicted molar refractivity (Wildman–Crippen MR) is 97.9 cm³/mol. The van der Waals surface area contributed by atoms with Crippen molar-refractivity contribution in [3.8, 4) is 0 Å². The number of fused-ring (bicyclic) bond motifs is 2. The van der Waals surface area contributed by atoms with E-state index in [9.17, 15) is 0 Å². The second-order valence-electron chi connectivity index (χ2n) is 5.08. The molecule has 22 heavy (non-hydrogen) atoms. The molecule has 2 aromatic carbocycles. The van der Waals surface area contributed by atoms with E-state index in [4.69, 9.17) is 9.98 Å². The van der Waals surface area contributed by atoms with Gasteiger partial charge in [-0.15, -0.1) is 0 Å². The molecule has 0 saturated carbocycles. The SMILES string of the molecule is c1ccc2c(c1)CSC(SCc1ccc3ccccc3n1)=N2. The minimum Gasteiger partial charge on any atom is -0.252 e. The van der Waals surface area contributed by atoms with E-state index in [1.807, 2.05) is 30.0 Å². The van der Waals surface area contributed by atoms with Crippen molar-refractivity contribution in [2.45, 2.75) is 11.5 Å². The topological polar surface area (TPSA) is 25.2 Å². The third-order valence-corrected chi connectivity index (χ3v) is 5.83. The van der Waals surface area contributed by atoms with Gasteiger partial charge in [0.25, 0.3) is 0 Å². The number of thioether (sulfide) groups is 2. The van der Waals surface area contributed by atoms with Crippen LogP contribution in [0, 0.1) is 0 Å². The fraction of sp³-hybridized carbons (Fsp3) is 0.111. The van der Waals surface area contributed by atoms with Crippen LogP contribution in [-0.2, 0) is 11.5 Å². The van der Waals surface area contributed by atoms with Crippen LogP contribution in [0.15, 0.2) is 65.7 Å². The molecule has 4 rings (SSSR count). The van der Waals surface area contributed by atoms with Gasteiger partial charge in [0.1, 0.15) is 4.38 Å². The van der Waals surface area contributed by atoms with Crippen molar-refractivity contribution in [3.63, 3.8) is 0 Å². The van der Waals surface area contributed by atoms with Gasteiger partial charge < -0.3 is 0 Å². The highest BCUT2D eigenvalue weighted by atomic mass is 32.2. The Morgan fingerprint density at radius 2 is 1.82 bits per heavy atom. The molecule has 0 aliphatic carbocycles. The van der Waals surface area contributed by atoms with Crippen LogP contribution in [0.4, 0.5) is 5.69 Å². The first-order valence-corrected chi connectivity index (χ1v) is 9.12. The van der Waals surface area contributed by atoms with Crippen LogP contribution < -0.4 is 0 Å². The molecule has 0 fully saturated rings. The molecule has 1 aliphatic heterocycles. The molecular formula is C18H14N2S2. The molecule has 0 unspecified atom stereocenters. The Labute approximate surface area is 138 Å². The molecule has 3 aromatic rings. The van der Waals surface area contributed by atoms with Crippen LogP contribution in [0.2, 0.25) is 0 Å². The lowest BCUT2D eigenvalue weighted by atomic mass is 10.2. The highest BCUT2D eigenvalue weighted by Gasteiger charge is 2.12. The quantitative estimate of drug-likeness (QED) is 0.631. The Balaban J connectivity index is 1.51. The Kier molecular flexibility index (Phi) is 3.87. The lowest BCUT2D eigenvalue weighted by Gasteiger charge is -2.14. The smallest absolute Gasteiger partial charge is 0.131 e. The maximum absolute atomic E-state index is 4.74. The molecule has 2 nitrogen and oxygen atoms in total. The summed E-state index contributed by atoms with van der Waals surface area (Å²) >= 11 is 3.59. The number of hydrogen-bond acceptors (Lipinski definition) is 4. The van der Waals surface area contributed by atoms with Crippen LogP contribution >= 0.6 is 23.5 Å². The predicted octanol–water partition coefficient (Wildman–Crippen LogP) is 5.40. The number of pyridine rings is 1. The maximum Gasteiger partial charge on any atom is 0.131 e. The average molecular weight is 322 g/mol. The van der Waals surface area contributed by atoms with Crippen molar-refractivity contribution in [1.29, 1.82) is 0 Å². The van der Waals surface area contributed by atoms with Crippen molar-refractivity contribution in [2.75, 3.05) is 0 Å². The summed E-state index contributed by atoms with van der Waals surface area (Å²) in [6.07, 6.45) is 0. The lowest BCUT2D eigenvalue weighted by molar-refractivity contribution is 1.23. The summed E-state index contributed by atoms with van der Waals surface area (Å²) < 4.78 is 1.13. The molecule has 1 aromatic heterocycles. The van der Waals surface area contributed by atoms with Crippen molar-refractivity contribution in [3.05, 3.63) is 71.9 Å². The van der Waals surface area contributed by atoms with E-state index >= 15 is 0 Å². The van der Waals surface area contributed by atoms with Gasteiger partial charge in [0.15, 0.2) is 0 Å². The van der Waals surface area contributed by atoms with E-state index in [1.165, 1.54) is 10.9 Å². The van der Waals surface area contributed by atoms with Gasteiger partial charge in [0.05, 0.1) is 16.9 Å². The van der Waals surface area contributed by atoms with Gasteiger partial charge in [0, 0.05) is 16.9 Å². The van der Waals surface area contributed by atoms with Crippen LogP contribution in [0.1, 0.15) is 11.3 Å². The summed E-state index contributed by atoms with van der Waals surface area (Å²) in [4.78, 5) is 9.46. The van der Waals surface area contributed by atoms with Crippen LogP contribution in [0.5, 0.6) is 0 Å². The highest BCUT2D eigenvalue weighted by molar-refractivity contribution is 8.38. The Morgan fingerprint density at radius 1 is 0.955 bits per heavy atom. The fourth-order valence-electron chi connectivity index (χ4n) is 2.41. The first kappa shape index (κ1) is 13.9. The maximum atomic E-state index is 4.74. The molecule has 0 atom stereocenters. The van der Waals surface area contributed by atoms with E-state index in [-0.39, 0.29) is 0 Å². The standard InChI is InChI=1S/C18H14N2S2/c1-3-7-16-13(5-1)9-10-15(19-16)12-22-18-20-17-8-4-2-6-14(17)11-21-18/h1-10H,11-12H2. The van der Waals surface area contributed by atoms with E-state index in [2.05, 4.69) is 42.5 Å². The van der Waals surface area contributed by atoms with Gasteiger partial charge in [-0.05, 0) is 23.8 Å². The molecule has 0 amide bonds. The van der Waals surface area contributed by atoms with Crippen molar-refractivity contribution in [1.82, 2.24) is 4.98 Å². The zero-order valence-electron chi connectivity index (χ0n) is 11.9. The molecule has 0 bridgehead atoms. The van der Waals surface area contributed by atoms with E-state index in [1.54, 1.807) is 11.8 Å². The zero-order valence-corrected chi connectivity index (χ0v) is 13.5. The molecule has 0 spiro atoms. The number of benzene rings is 2. The number of hydrogen-bond donors (Lipinski definition) is 0. The van der Waals surface area contributed by atoms with E-state index in [0.29, 0.717) is 0 Å². The first-order valence-electron chi connectivity index (χ1n) is 7.15. The summed E-state index contributed by atoms with van der Waals surface area (Å²) in [5.41, 5.74) is 4.59. The minimum atomic E-state index is 0.860. The van der Waals surface area contributed by atoms with Crippen molar-refractivity contribution < 1.29 is 0 Å². The van der Waals surface area contributed by atoms with Crippen LogP contribution in [-0.4, -0.2) is 9.36 Å². The molecule has 2 heterocycles. The normalized spacial score (nSPS) is 13.7. The van der Waals surface area contributed by atoms with Gasteiger partial charge in [-0.25, -0.2) is 4.99 Å². The summed E-state index contributed by atoms with van der Waals surface area (Å²) in [6, 6.07) is 20.8. The van der Waals surface area contributed by atoms with E-state index < -0.39 is 0 Å². The molecule has 4 heteroatoms. The Bertz CT molecular complexity index is 858. The molecule has 1 aliphatic rings. The minimum absolute atomic E-state index is 0.860. The number of nitrogens with zero attached hydrogens (tertiary/aromatic N) is 2. The summed E-state index contributed by atoms with van der Waals surface area (Å²) in [7, 11) is 0. The monoisotopic (exact) mass is 322 g/mol.